The van der Waals surface area contributed by atoms with E-state index < -0.39 is 5.97 Å². The molecule has 0 amide bonds. The average molecular weight is 255 g/mol. The molecule has 0 bridgehead atoms. The molecule has 17 heavy (non-hydrogen) atoms. The van der Waals surface area contributed by atoms with Crippen LogP contribution in [0.1, 0.15) is 54.2 Å². The summed E-state index contributed by atoms with van der Waals surface area (Å²) in [6.07, 6.45) is 7.38. The van der Waals surface area contributed by atoms with Gasteiger partial charge in [-0.25, -0.2) is 14.8 Å². The SMILES string of the molecule is COC(=O)c1cnc(C2CCCCC2)nc1Cl. The molecule has 0 unspecified atom stereocenters. The third-order valence-electron chi connectivity index (χ3n) is 3.14. The Labute approximate surface area is 105 Å². The maximum Gasteiger partial charge on any atom is 0.342 e. The second-order valence-corrected chi connectivity index (χ2v) is 4.62. The number of ether oxygens (including phenoxy) is 1. The van der Waals surface area contributed by atoms with Gasteiger partial charge in [0, 0.05) is 12.1 Å². The van der Waals surface area contributed by atoms with Crippen LogP contribution in [0, 0.1) is 0 Å². The van der Waals surface area contributed by atoms with E-state index in [-0.39, 0.29) is 10.7 Å². The zero-order valence-corrected chi connectivity index (χ0v) is 10.5. The number of carbonyl (C=O) groups excluding carboxylic acids is 1. The number of carbonyl (C=O) groups is 1. The molecule has 0 spiro atoms. The highest BCUT2D eigenvalue weighted by Crippen LogP contribution is 2.31. The molecule has 0 aromatic carbocycles. The third-order valence-corrected chi connectivity index (χ3v) is 3.42. The molecule has 0 aliphatic heterocycles. The topological polar surface area (TPSA) is 52.1 Å². The molecule has 92 valence electrons. The Morgan fingerprint density at radius 3 is 2.71 bits per heavy atom. The largest absolute Gasteiger partial charge is 0.465 e. The molecule has 0 atom stereocenters. The van der Waals surface area contributed by atoms with Crippen LogP contribution in [0.5, 0.6) is 0 Å². The molecule has 0 radical (unpaired) electrons. The van der Waals surface area contributed by atoms with Crippen LogP contribution in [0.4, 0.5) is 0 Å². The maximum atomic E-state index is 11.3. The van der Waals surface area contributed by atoms with E-state index in [1.807, 2.05) is 0 Å². The van der Waals surface area contributed by atoms with Crippen molar-refractivity contribution in [3.05, 3.63) is 22.7 Å². The van der Waals surface area contributed by atoms with E-state index in [9.17, 15) is 4.79 Å². The van der Waals surface area contributed by atoms with Gasteiger partial charge in [0.05, 0.1) is 7.11 Å². The van der Waals surface area contributed by atoms with Crippen LogP contribution in [-0.4, -0.2) is 23.0 Å². The summed E-state index contributed by atoms with van der Waals surface area (Å²) in [5.74, 6) is 0.639. The normalized spacial score (nSPS) is 16.8. The van der Waals surface area contributed by atoms with E-state index in [4.69, 9.17) is 11.6 Å². The predicted molar refractivity (Wildman–Crippen MR) is 64.2 cm³/mol. The Balaban J connectivity index is 2.20. The van der Waals surface area contributed by atoms with E-state index >= 15 is 0 Å². The first-order chi connectivity index (χ1) is 8.22. The van der Waals surface area contributed by atoms with Crippen molar-refractivity contribution in [1.82, 2.24) is 9.97 Å². The zero-order chi connectivity index (χ0) is 12.3. The zero-order valence-electron chi connectivity index (χ0n) is 9.78. The van der Waals surface area contributed by atoms with Gasteiger partial charge in [0.1, 0.15) is 16.5 Å². The molecular weight excluding hydrogens is 240 g/mol. The molecule has 1 aliphatic carbocycles. The lowest BCUT2D eigenvalue weighted by Gasteiger charge is -2.20. The Kier molecular flexibility index (Phi) is 3.94. The molecular formula is C12H15ClN2O2. The summed E-state index contributed by atoms with van der Waals surface area (Å²) in [4.78, 5) is 19.8. The van der Waals surface area contributed by atoms with Gasteiger partial charge < -0.3 is 4.74 Å². The number of esters is 1. The number of hydrogen-bond donors (Lipinski definition) is 0. The first-order valence-electron chi connectivity index (χ1n) is 5.83. The minimum atomic E-state index is -0.495. The standard InChI is InChI=1S/C12H15ClN2O2/c1-17-12(16)9-7-14-11(15-10(9)13)8-5-3-2-4-6-8/h7-8H,2-6H2,1H3. The summed E-state index contributed by atoms with van der Waals surface area (Å²) < 4.78 is 4.60. The van der Waals surface area contributed by atoms with Crippen molar-refractivity contribution in [3.63, 3.8) is 0 Å². The molecule has 1 fully saturated rings. The van der Waals surface area contributed by atoms with Gasteiger partial charge in [0.25, 0.3) is 0 Å². The number of halogens is 1. The first kappa shape index (κ1) is 12.3. The fraction of sp³-hybridized carbons (Fsp3) is 0.583. The molecule has 0 N–H and O–H groups in total. The van der Waals surface area contributed by atoms with Gasteiger partial charge in [0.15, 0.2) is 0 Å². The van der Waals surface area contributed by atoms with Gasteiger partial charge in [-0.1, -0.05) is 30.9 Å². The van der Waals surface area contributed by atoms with Crippen LogP contribution in [0.3, 0.4) is 0 Å². The fourth-order valence-corrected chi connectivity index (χ4v) is 2.39. The highest BCUT2D eigenvalue weighted by Gasteiger charge is 2.20. The van der Waals surface area contributed by atoms with Crippen molar-refractivity contribution < 1.29 is 9.53 Å². The second kappa shape index (κ2) is 5.45. The highest BCUT2D eigenvalue weighted by atomic mass is 35.5. The molecule has 1 aromatic rings. The van der Waals surface area contributed by atoms with Crippen LogP contribution >= 0.6 is 11.6 Å². The number of hydrogen-bond acceptors (Lipinski definition) is 4. The molecule has 1 saturated carbocycles. The molecule has 1 heterocycles. The van der Waals surface area contributed by atoms with Gasteiger partial charge >= 0.3 is 5.97 Å². The smallest absolute Gasteiger partial charge is 0.342 e. The molecule has 5 heteroatoms. The van der Waals surface area contributed by atoms with E-state index in [1.54, 1.807) is 0 Å². The Bertz CT molecular complexity index is 417. The maximum absolute atomic E-state index is 11.3. The third kappa shape index (κ3) is 2.75. The van der Waals surface area contributed by atoms with Crippen LogP contribution in [0.15, 0.2) is 6.20 Å². The number of methoxy groups -OCH3 is 1. The summed E-state index contributed by atoms with van der Waals surface area (Å²) >= 11 is 5.97. The summed E-state index contributed by atoms with van der Waals surface area (Å²) in [6, 6.07) is 0. The summed E-state index contributed by atoms with van der Waals surface area (Å²) in [6.45, 7) is 0. The predicted octanol–water partition coefficient (Wildman–Crippen LogP) is 2.96. The van der Waals surface area contributed by atoms with Crippen LogP contribution < -0.4 is 0 Å². The van der Waals surface area contributed by atoms with E-state index in [2.05, 4.69) is 14.7 Å². The monoisotopic (exact) mass is 254 g/mol. The van der Waals surface area contributed by atoms with Crippen molar-refractivity contribution in [2.45, 2.75) is 38.0 Å². The Hall–Kier alpha value is -1.16. The first-order valence-corrected chi connectivity index (χ1v) is 6.21. The van der Waals surface area contributed by atoms with E-state index in [0.717, 1.165) is 18.7 Å². The summed E-state index contributed by atoms with van der Waals surface area (Å²) in [7, 11) is 1.31. The van der Waals surface area contributed by atoms with Crippen molar-refractivity contribution in [2.24, 2.45) is 0 Å². The molecule has 0 saturated heterocycles. The summed E-state index contributed by atoms with van der Waals surface area (Å²) in [5, 5.41) is 0.187. The van der Waals surface area contributed by atoms with Crippen molar-refractivity contribution >= 4 is 17.6 Å². The van der Waals surface area contributed by atoms with E-state index in [0.29, 0.717) is 5.92 Å². The van der Waals surface area contributed by atoms with Crippen molar-refractivity contribution in [2.75, 3.05) is 7.11 Å². The lowest BCUT2D eigenvalue weighted by molar-refractivity contribution is 0.0600. The minimum absolute atomic E-state index is 0.187. The van der Waals surface area contributed by atoms with Gasteiger partial charge in [-0.05, 0) is 12.8 Å². The Morgan fingerprint density at radius 2 is 2.12 bits per heavy atom. The number of aromatic nitrogens is 2. The van der Waals surface area contributed by atoms with Crippen LogP contribution in [-0.2, 0) is 4.74 Å². The number of nitrogens with zero attached hydrogens (tertiary/aromatic N) is 2. The van der Waals surface area contributed by atoms with Gasteiger partial charge in [-0.15, -0.1) is 0 Å². The summed E-state index contributed by atoms with van der Waals surface area (Å²) in [5.41, 5.74) is 0.230. The van der Waals surface area contributed by atoms with Crippen molar-refractivity contribution in [1.29, 1.82) is 0 Å². The fourth-order valence-electron chi connectivity index (χ4n) is 2.18. The highest BCUT2D eigenvalue weighted by molar-refractivity contribution is 6.32. The van der Waals surface area contributed by atoms with Gasteiger partial charge in [-0.2, -0.15) is 0 Å². The average Bonchev–Trinajstić information content (AvgIpc) is 2.39. The van der Waals surface area contributed by atoms with Gasteiger partial charge in [0.2, 0.25) is 0 Å². The van der Waals surface area contributed by atoms with Crippen LogP contribution in [0.25, 0.3) is 0 Å². The molecule has 4 nitrogen and oxygen atoms in total. The lowest BCUT2D eigenvalue weighted by atomic mass is 9.89. The van der Waals surface area contributed by atoms with Crippen molar-refractivity contribution in [3.8, 4) is 0 Å². The Morgan fingerprint density at radius 1 is 1.41 bits per heavy atom. The lowest BCUT2D eigenvalue weighted by Crippen LogP contribution is -2.11. The van der Waals surface area contributed by atoms with Crippen LogP contribution in [0.2, 0.25) is 5.15 Å². The molecule has 1 aromatic heterocycles. The molecule has 2 rings (SSSR count). The quantitative estimate of drug-likeness (QED) is 0.601. The van der Waals surface area contributed by atoms with E-state index in [1.165, 1.54) is 32.6 Å². The number of rotatable bonds is 2. The minimum Gasteiger partial charge on any atom is -0.465 e. The second-order valence-electron chi connectivity index (χ2n) is 4.26. The molecule has 1 aliphatic rings. The van der Waals surface area contributed by atoms with Gasteiger partial charge in [-0.3, -0.25) is 0 Å².